The Hall–Kier alpha value is -3.58. The van der Waals surface area contributed by atoms with Crippen LogP contribution >= 0.6 is 11.6 Å². The summed E-state index contributed by atoms with van der Waals surface area (Å²) in [5.74, 6) is -1.28. The Labute approximate surface area is 178 Å². The number of nitrogens with zero attached hydrogens (tertiary/aromatic N) is 2. The van der Waals surface area contributed by atoms with E-state index < -0.39 is 18.5 Å². The molecule has 0 atom stereocenters. The first kappa shape index (κ1) is 21.1. The minimum atomic E-state index is -0.674. The summed E-state index contributed by atoms with van der Waals surface area (Å²) in [6.07, 6.45) is 2.77. The molecule has 154 valence electrons. The van der Waals surface area contributed by atoms with Crippen molar-refractivity contribution in [2.75, 3.05) is 11.9 Å². The number of ether oxygens (including phenoxy) is 1. The monoisotopic (exact) mass is 425 g/mol. The number of hydrogen-bond donors (Lipinski definition) is 1. The van der Waals surface area contributed by atoms with Gasteiger partial charge in [0.25, 0.3) is 11.5 Å². The Morgan fingerprint density at radius 1 is 1.10 bits per heavy atom. The zero-order chi connectivity index (χ0) is 21.7. The Morgan fingerprint density at radius 3 is 2.43 bits per heavy atom. The highest BCUT2D eigenvalue weighted by Crippen LogP contribution is 2.14. The Balaban J connectivity index is 1.63. The topological polar surface area (TPSA) is 82.3 Å². The van der Waals surface area contributed by atoms with E-state index in [1.807, 2.05) is 18.2 Å². The number of para-hydroxylation sites is 1. The van der Waals surface area contributed by atoms with Gasteiger partial charge >= 0.3 is 5.97 Å². The zero-order valence-electron chi connectivity index (χ0n) is 16.5. The van der Waals surface area contributed by atoms with Crippen molar-refractivity contribution in [3.63, 3.8) is 0 Å². The van der Waals surface area contributed by atoms with Gasteiger partial charge < -0.3 is 10.1 Å². The third-order valence-electron chi connectivity index (χ3n) is 4.45. The van der Waals surface area contributed by atoms with Crippen LogP contribution in [0.3, 0.4) is 0 Å². The fourth-order valence-corrected chi connectivity index (χ4v) is 2.94. The molecule has 1 amide bonds. The van der Waals surface area contributed by atoms with E-state index in [-0.39, 0.29) is 11.2 Å². The van der Waals surface area contributed by atoms with E-state index in [4.69, 9.17) is 16.3 Å². The second-order valence-electron chi connectivity index (χ2n) is 6.48. The molecule has 0 aliphatic heterocycles. The van der Waals surface area contributed by atoms with E-state index in [1.165, 1.54) is 10.8 Å². The largest absolute Gasteiger partial charge is 0.452 e. The summed E-state index contributed by atoms with van der Waals surface area (Å²) in [6.45, 7) is 1.21. The Bertz CT molecular complexity index is 1150. The van der Waals surface area contributed by atoms with Crippen molar-refractivity contribution in [2.45, 2.75) is 6.92 Å². The molecule has 1 N–H and O–H groups in total. The van der Waals surface area contributed by atoms with Crippen LogP contribution in [-0.2, 0) is 21.4 Å². The van der Waals surface area contributed by atoms with Gasteiger partial charge in [0.2, 0.25) is 0 Å². The molecular formula is C22H20ClN3O4. The number of nitrogens with one attached hydrogen (secondary N) is 1. The lowest BCUT2D eigenvalue weighted by Gasteiger charge is -2.07. The second kappa shape index (κ2) is 9.28. The molecule has 30 heavy (non-hydrogen) atoms. The summed E-state index contributed by atoms with van der Waals surface area (Å²) in [5.41, 5.74) is 1.78. The lowest BCUT2D eigenvalue weighted by Crippen LogP contribution is -2.25. The van der Waals surface area contributed by atoms with Gasteiger partial charge in [-0.1, -0.05) is 41.9 Å². The van der Waals surface area contributed by atoms with E-state index >= 15 is 0 Å². The van der Waals surface area contributed by atoms with Crippen molar-refractivity contribution >= 4 is 35.2 Å². The molecule has 0 unspecified atom stereocenters. The van der Waals surface area contributed by atoms with Gasteiger partial charge in [-0.2, -0.15) is 0 Å². The summed E-state index contributed by atoms with van der Waals surface area (Å²) in [6, 6.07) is 16.0. The quantitative estimate of drug-likeness (QED) is 0.485. The standard InChI is InChI=1S/C22H20ClN3O4/c1-15-21(22(29)26(25(15)2)18-6-4-3-5-7-18)24-19(27)14-30-20(28)13-10-16-8-11-17(23)12-9-16/h3-13H,14H2,1-2H3,(H,24,27)/b13-10+. The van der Waals surface area contributed by atoms with Gasteiger partial charge in [0.15, 0.2) is 6.61 Å². The van der Waals surface area contributed by atoms with Crippen LogP contribution in [-0.4, -0.2) is 27.8 Å². The first-order valence-corrected chi connectivity index (χ1v) is 9.49. The molecular weight excluding hydrogens is 406 g/mol. The molecule has 7 nitrogen and oxygen atoms in total. The van der Waals surface area contributed by atoms with Crippen molar-refractivity contribution in [2.24, 2.45) is 7.05 Å². The molecule has 3 rings (SSSR count). The van der Waals surface area contributed by atoms with Crippen LogP contribution in [0.5, 0.6) is 0 Å². The fourth-order valence-electron chi connectivity index (χ4n) is 2.81. The minimum Gasteiger partial charge on any atom is -0.452 e. The van der Waals surface area contributed by atoms with Crippen molar-refractivity contribution < 1.29 is 14.3 Å². The molecule has 8 heteroatoms. The maximum absolute atomic E-state index is 12.8. The SMILES string of the molecule is Cc1c(NC(=O)COC(=O)/C=C/c2ccc(Cl)cc2)c(=O)n(-c2ccccc2)n1C. The summed E-state index contributed by atoms with van der Waals surface area (Å²) in [7, 11) is 1.72. The number of rotatable bonds is 6. The van der Waals surface area contributed by atoms with Crippen LogP contribution in [0, 0.1) is 6.92 Å². The average molecular weight is 426 g/mol. The van der Waals surface area contributed by atoms with E-state index in [1.54, 1.807) is 61.1 Å². The van der Waals surface area contributed by atoms with Gasteiger partial charge in [-0.3, -0.25) is 14.3 Å². The van der Waals surface area contributed by atoms with Crippen molar-refractivity contribution in [3.05, 3.63) is 87.3 Å². The van der Waals surface area contributed by atoms with Crippen LogP contribution in [0.1, 0.15) is 11.3 Å². The number of esters is 1. The molecule has 0 fully saturated rings. The molecule has 0 saturated heterocycles. The molecule has 1 aromatic heterocycles. The number of benzene rings is 2. The van der Waals surface area contributed by atoms with Crippen molar-refractivity contribution in [3.8, 4) is 5.69 Å². The smallest absolute Gasteiger partial charge is 0.331 e. The van der Waals surface area contributed by atoms with Gasteiger partial charge in [0.05, 0.1) is 11.4 Å². The Kier molecular flexibility index (Phi) is 6.54. The van der Waals surface area contributed by atoms with Gasteiger partial charge in [0.1, 0.15) is 5.69 Å². The van der Waals surface area contributed by atoms with Crippen molar-refractivity contribution in [1.82, 2.24) is 9.36 Å². The highest BCUT2D eigenvalue weighted by molar-refractivity contribution is 6.30. The summed E-state index contributed by atoms with van der Waals surface area (Å²) in [5, 5.41) is 3.13. The Morgan fingerprint density at radius 2 is 1.77 bits per heavy atom. The van der Waals surface area contributed by atoms with E-state index in [0.717, 1.165) is 5.56 Å². The molecule has 0 aliphatic carbocycles. The number of carbonyl (C=O) groups is 2. The predicted molar refractivity (Wildman–Crippen MR) is 116 cm³/mol. The fraction of sp³-hybridized carbons (Fsp3) is 0.136. The second-order valence-corrected chi connectivity index (χ2v) is 6.91. The lowest BCUT2D eigenvalue weighted by molar-refractivity contribution is -0.142. The predicted octanol–water partition coefficient (Wildman–Crippen LogP) is 3.33. The molecule has 1 heterocycles. The van der Waals surface area contributed by atoms with E-state index in [9.17, 15) is 14.4 Å². The van der Waals surface area contributed by atoms with Gasteiger partial charge in [-0.15, -0.1) is 0 Å². The number of amides is 1. The van der Waals surface area contributed by atoms with Crippen molar-refractivity contribution in [1.29, 1.82) is 0 Å². The molecule has 0 radical (unpaired) electrons. The molecule has 2 aromatic carbocycles. The maximum atomic E-state index is 12.8. The highest BCUT2D eigenvalue weighted by atomic mass is 35.5. The average Bonchev–Trinajstić information content (AvgIpc) is 2.95. The molecule has 3 aromatic rings. The number of carbonyl (C=O) groups excluding carboxylic acids is 2. The van der Waals surface area contributed by atoms with Crippen LogP contribution in [0.2, 0.25) is 5.02 Å². The van der Waals surface area contributed by atoms with E-state index in [0.29, 0.717) is 16.4 Å². The minimum absolute atomic E-state index is 0.138. The van der Waals surface area contributed by atoms with E-state index in [2.05, 4.69) is 5.32 Å². The molecule has 0 aliphatic rings. The highest BCUT2D eigenvalue weighted by Gasteiger charge is 2.18. The first-order valence-electron chi connectivity index (χ1n) is 9.11. The van der Waals surface area contributed by atoms with Crippen LogP contribution in [0.25, 0.3) is 11.8 Å². The van der Waals surface area contributed by atoms with Gasteiger partial charge in [-0.05, 0) is 42.8 Å². The van der Waals surface area contributed by atoms with Crippen LogP contribution < -0.4 is 10.9 Å². The maximum Gasteiger partial charge on any atom is 0.331 e. The normalized spacial score (nSPS) is 10.9. The van der Waals surface area contributed by atoms with Gasteiger partial charge in [0, 0.05) is 18.1 Å². The number of hydrogen-bond acceptors (Lipinski definition) is 4. The first-order chi connectivity index (χ1) is 14.4. The number of anilines is 1. The zero-order valence-corrected chi connectivity index (χ0v) is 17.2. The summed E-state index contributed by atoms with van der Waals surface area (Å²) in [4.78, 5) is 36.8. The molecule has 0 saturated carbocycles. The van der Waals surface area contributed by atoms with Gasteiger partial charge in [-0.25, -0.2) is 9.48 Å². The van der Waals surface area contributed by atoms with Crippen LogP contribution in [0.4, 0.5) is 5.69 Å². The number of halogens is 1. The lowest BCUT2D eigenvalue weighted by atomic mass is 10.2. The number of aromatic nitrogens is 2. The summed E-state index contributed by atoms with van der Waals surface area (Å²) < 4.78 is 8.04. The third kappa shape index (κ3) is 4.87. The molecule has 0 bridgehead atoms. The third-order valence-corrected chi connectivity index (χ3v) is 4.70. The molecule has 0 spiro atoms. The summed E-state index contributed by atoms with van der Waals surface area (Å²) >= 11 is 5.81. The van der Waals surface area contributed by atoms with Crippen LogP contribution in [0.15, 0.2) is 65.5 Å².